The molecule has 0 amide bonds. The lowest BCUT2D eigenvalue weighted by Crippen LogP contribution is -2.39. The van der Waals surface area contributed by atoms with Crippen molar-refractivity contribution >= 4 is 0 Å². The molecule has 1 aliphatic heterocycles. The van der Waals surface area contributed by atoms with E-state index in [0.29, 0.717) is 0 Å². The Labute approximate surface area is 82.5 Å². The van der Waals surface area contributed by atoms with Crippen molar-refractivity contribution in [3.05, 3.63) is 0 Å². The van der Waals surface area contributed by atoms with Crippen molar-refractivity contribution in [2.45, 2.75) is 51.5 Å². The first kappa shape index (κ1) is 11.0. The minimum Gasteiger partial charge on any atom is -0.330 e. The van der Waals surface area contributed by atoms with Gasteiger partial charge < -0.3 is 10.6 Å². The molecule has 0 aliphatic carbocycles. The summed E-state index contributed by atoms with van der Waals surface area (Å²) >= 11 is 0. The molecule has 1 aliphatic rings. The van der Waals surface area contributed by atoms with Gasteiger partial charge >= 0.3 is 0 Å². The van der Waals surface area contributed by atoms with Crippen LogP contribution in [0.5, 0.6) is 0 Å². The average molecular weight is 184 g/mol. The molecule has 0 aromatic rings. The second kappa shape index (κ2) is 6.39. The number of likely N-dealkylation sites (tertiary alicyclic amines) is 1. The average Bonchev–Trinajstić information content (AvgIpc) is 2.19. The van der Waals surface area contributed by atoms with Crippen LogP contribution in [-0.2, 0) is 0 Å². The summed E-state index contributed by atoms with van der Waals surface area (Å²) in [7, 11) is 0. The zero-order valence-corrected chi connectivity index (χ0v) is 8.97. The second-order valence-corrected chi connectivity index (χ2v) is 4.09. The van der Waals surface area contributed by atoms with Crippen LogP contribution in [0.1, 0.15) is 45.4 Å². The maximum atomic E-state index is 5.49. The molecule has 0 aromatic carbocycles. The molecular formula is C11H24N2. The molecule has 0 bridgehead atoms. The summed E-state index contributed by atoms with van der Waals surface area (Å²) in [4.78, 5) is 2.67. The van der Waals surface area contributed by atoms with Gasteiger partial charge in [-0.25, -0.2) is 0 Å². The predicted octanol–water partition coefficient (Wildman–Crippen LogP) is 1.99. The number of nitrogens with zero attached hydrogens (tertiary/aromatic N) is 1. The van der Waals surface area contributed by atoms with Gasteiger partial charge in [0, 0.05) is 6.04 Å². The van der Waals surface area contributed by atoms with Gasteiger partial charge in [0.1, 0.15) is 0 Å². The van der Waals surface area contributed by atoms with Crippen LogP contribution in [0.4, 0.5) is 0 Å². The Hall–Kier alpha value is -0.0800. The van der Waals surface area contributed by atoms with E-state index in [-0.39, 0.29) is 0 Å². The number of hydrogen-bond donors (Lipinski definition) is 1. The van der Waals surface area contributed by atoms with Crippen molar-refractivity contribution in [2.75, 3.05) is 19.6 Å². The highest BCUT2D eigenvalue weighted by Gasteiger charge is 2.19. The summed E-state index contributed by atoms with van der Waals surface area (Å²) in [5.74, 6) is 0. The van der Waals surface area contributed by atoms with Gasteiger partial charge in [0.2, 0.25) is 0 Å². The minimum atomic E-state index is 0.852. The van der Waals surface area contributed by atoms with E-state index in [1.165, 1.54) is 51.6 Å². The van der Waals surface area contributed by atoms with E-state index in [4.69, 9.17) is 5.73 Å². The standard InChI is InChI=1S/C11H24N2/c1-2-11-7-3-5-9-13(11)10-6-4-8-12/h11H,2-10,12H2,1H3/t11-/m1/s1. The van der Waals surface area contributed by atoms with Gasteiger partial charge in [-0.1, -0.05) is 13.3 Å². The van der Waals surface area contributed by atoms with E-state index in [9.17, 15) is 0 Å². The van der Waals surface area contributed by atoms with Crippen LogP contribution in [0.25, 0.3) is 0 Å². The number of hydrogen-bond acceptors (Lipinski definition) is 2. The van der Waals surface area contributed by atoms with Crippen LogP contribution >= 0.6 is 0 Å². The monoisotopic (exact) mass is 184 g/mol. The summed E-state index contributed by atoms with van der Waals surface area (Å²) in [6, 6.07) is 0.867. The quantitative estimate of drug-likeness (QED) is 0.662. The van der Waals surface area contributed by atoms with Crippen molar-refractivity contribution in [3.63, 3.8) is 0 Å². The zero-order valence-electron chi connectivity index (χ0n) is 8.97. The van der Waals surface area contributed by atoms with Crippen molar-refractivity contribution in [2.24, 2.45) is 5.73 Å². The fourth-order valence-corrected chi connectivity index (χ4v) is 2.28. The van der Waals surface area contributed by atoms with E-state index in [1.807, 2.05) is 0 Å². The molecule has 2 heteroatoms. The maximum Gasteiger partial charge on any atom is 0.00926 e. The molecule has 1 rings (SSSR count). The number of rotatable bonds is 5. The van der Waals surface area contributed by atoms with Gasteiger partial charge in [0.15, 0.2) is 0 Å². The molecule has 0 radical (unpaired) electrons. The number of piperidine rings is 1. The van der Waals surface area contributed by atoms with Gasteiger partial charge in [-0.2, -0.15) is 0 Å². The maximum absolute atomic E-state index is 5.49. The normalized spacial score (nSPS) is 24.9. The second-order valence-electron chi connectivity index (χ2n) is 4.09. The van der Waals surface area contributed by atoms with Crippen LogP contribution in [0.2, 0.25) is 0 Å². The molecule has 13 heavy (non-hydrogen) atoms. The van der Waals surface area contributed by atoms with E-state index < -0.39 is 0 Å². The smallest absolute Gasteiger partial charge is 0.00926 e. The van der Waals surface area contributed by atoms with E-state index >= 15 is 0 Å². The largest absolute Gasteiger partial charge is 0.330 e. The molecule has 0 aromatic heterocycles. The van der Waals surface area contributed by atoms with Gasteiger partial charge in [0.05, 0.1) is 0 Å². The molecule has 1 atom stereocenters. The first-order chi connectivity index (χ1) is 6.38. The summed E-state index contributed by atoms with van der Waals surface area (Å²) in [6.07, 6.45) is 8.05. The zero-order chi connectivity index (χ0) is 9.52. The molecule has 0 spiro atoms. The highest BCUT2D eigenvalue weighted by Crippen LogP contribution is 2.19. The molecule has 1 heterocycles. The van der Waals surface area contributed by atoms with E-state index in [1.54, 1.807) is 0 Å². The third kappa shape index (κ3) is 3.65. The number of nitrogens with two attached hydrogens (primary N) is 1. The fourth-order valence-electron chi connectivity index (χ4n) is 2.28. The van der Waals surface area contributed by atoms with E-state index in [2.05, 4.69) is 11.8 Å². The third-order valence-electron chi connectivity index (χ3n) is 3.12. The summed E-state index contributed by atoms with van der Waals surface area (Å²) < 4.78 is 0. The molecular weight excluding hydrogens is 160 g/mol. The Morgan fingerprint density at radius 1 is 1.31 bits per heavy atom. The molecule has 2 N–H and O–H groups in total. The summed E-state index contributed by atoms with van der Waals surface area (Å²) in [6.45, 7) is 5.76. The molecule has 78 valence electrons. The van der Waals surface area contributed by atoms with Crippen LogP contribution in [0.15, 0.2) is 0 Å². The van der Waals surface area contributed by atoms with Gasteiger partial charge in [-0.05, 0) is 51.7 Å². The topological polar surface area (TPSA) is 29.3 Å². The lowest BCUT2D eigenvalue weighted by Gasteiger charge is -2.35. The Bertz CT molecular complexity index is 125. The Kier molecular flexibility index (Phi) is 5.40. The van der Waals surface area contributed by atoms with Crippen molar-refractivity contribution in [1.82, 2.24) is 4.90 Å². The van der Waals surface area contributed by atoms with Crippen molar-refractivity contribution in [3.8, 4) is 0 Å². The van der Waals surface area contributed by atoms with Gasteiger partial charge in [-0.15, -0.1) is 0 Å². The fraction of sp³-hybridized carbons (Fsp3) is 1.00. The Balaban J connectivity index is 2.19. The Morgan fingerprint density at radius 2 is 2.15 bits per heavy atom. The lowest BCUT2D eigenvalue weighted by molar-refractivity contribution is 0.142. The molecule has 1 fully saturated rings. The molecule has 2 nitrogen and oxygen atoms in total. The SMILES string of the molecule is CC[C@@H]1CCCCN1CCCCN. The molecule has 0 unspecified atom stereocenters. The van der Waals surface area contributed by atoms with Gasteiger partial charge in [-0.3, -0.25) is 0 Å². The predicted molar refractivity (Wildman–Crippen MR) is 57.8 cm³/mol. The lowest BCUT2D eigenvalue weighted by atomic mass is 10.00. The van der Waals surface area contributed by atoms with Gasteiger partial charge in [0.25, 0.3) is 0 Å². The van der Waals surface area contributed by atoms with E-state index in [0.717, 1.165) is 12.6 Å². The highest BCUT2D eigenvalue weighted by atomic mass is 15.2. The number of unbranched alkanes of at least 4 members (excludes halogenated alkanes) is 1. The van der Waals surface area contributed by atoms with Crippen LogP contribution in [0.3, 0.4) is 0 Å². The van der Waals surface area contributed by atoms with Crippen molar-refractivity contribution < 1.29 is 0 Å². The first-order valence-electron chi connectivity index (χ1n) is 5.82. The Morgan fingerprint density at radius 3 is 2.85 bits per heavy atom. The molecule has 0 saturated carbocycles. The highest BCUT2D eigenvalue weighted by molar-refractivity contribution is 4.75. The first-order valence-corrected chi connectivity index (χ1v) is 5.82. The minimum absolute atomic E-state index is 0.852. The summed E-state index contributed by atoms with van der Waals surface area (Å²) in [5.41, 5.74) is 5.49. The van der Waals surface area contributed by atoms with Crippen LogP contribution < -0.4 is 5.73 Å². The van der Waals surface area contributed by atoms with Crippen LogP contribution in [0, 0.1) is 0 Å². The molecule has 1 saturated heterocycles. The van der Waals surface area contributed by atoms with Crippen molar-refractivity contribution in [1.29, 1.82) is 0 Å². The van der Waals surface area contributed by atoms with Crippen LogP contribution in [-0.4, -0.2) is 30.6 Å². The summed E-state index contributed by atoms with van der Waals surface area (Å²) in [5, 5.41) is 0. The third-order valence-corrected chi connectivity index (χ3v) is 3.12.